The Morgan fingerprint density at radius 1 is 0.375 bits per heavy atom. The molecule has 230 valence electrons. The Bertz CT molecular complexity index is 2230. The van der Waals surface area contributed by atoms with E-state index in [1.165, 1.54) is 76.6 Å². The summed E-state index contributed by atoms with van der Waals surface area (Å²) in [6, 6.07) is 56.7. The van der Waals surface area contributed by atoms with E-state index in [4.69, 9.17) is 9.97 Å². The molecule has 0 amide bonds. The Morgan fingerprint density at radius 3 is 1.58 bits per heavy atom. The number of hydrogen-bond acceptors (Lipinski definition) is 2. The number of rotatable bonds is 5. The van der Waals surface area contributed by atoms with Crippen molar-refractivity contribution in [1.29, 1.82) is 0 Å². The van der Waals surface area contributed by atoms with Crippen molar-refractivity contribution in [1.82, 2.24) is 9.97 Å². The van der Waals surface area contributed by atoms with Crippen molar-refractivity contribution >= 4 is 0 Å². The van der Waals surface area contributed by atoms with Crippen molar-refractivity contribution < 1.29 is 0 Å². The molecule has 1 aromatic heterocycles. The van der Waals surface area contributed by atoms with Crippen molar-refractivity contribution in [3.63, 3.8) is 0 Å². The van der Waals surface area contributed by atoms with Crippen LogP contribution >= 0.6 is 0 Å². The Morgan fingerprint density at radius 2 is 0.875 bits per heavy atom. The topological polar surface area (TPSA) is 25.8 Å². The van der Waals surface area contributed by atoms with Gasteiger partial charge in [0.25, 0.3) is 0 Å². The quantitative estimate of drug-likeness (QED) is 0.192. The molecule has 0 aliphatic heterocycles. The van der Waals surface area contributed by atoms with Gasteiger partial charge in [0.05, 0.1) is 11.4 Å². The SMILES string of the molecule is c1ccc(-c2ccc(-c3cc(-c4ccccc4)nc(-c4ccc(-c5cccc6c5C5(CCCCC5)c5ccccc5-6)cc4)n3)cc2)cc1. The molecule has 0 radical (unpaired) electrons. The van der Waals surface area contributed by atoms with Gasteiger partial charge in [-0.2, -0.15) is 0 Å². The standard InChI is InChI=1S/C46H36N2/c1-4-13-32(14-5-1)33-21-25-36(26-22-33)43-31-42(35-15-6-2-7-16-35)47-45(48-43)37-27-23-34(24-28-37)38-18-12-19-40-39-17-8-9-20-41(39)46(44(38)40)29-10-3-11-30-46/h1-2,4-9,12-28,31H,3,10-11,29-30H2. The van der Waals surface area contributed by atoms with Crippen molar-refractivity contribution in [2.45, 2.75) is 37.5 Å². The summed E-state index contributed by atoms with van der Waals surface area (Å²) in [6.45, 7) is 0. The summed E-state index contributed by atoms with van der Waals surface area (Å²) in [5.41, 5.74) is 16.0. The highest BCUT2D eigenvalue weighted by atomic mass is 14.9. The number of hydrogen-bond donors (Lipinski definition) is 0. The normalized spacial score (nSPS) is 14.4. The average Bonchev–Trinajstić information content (AvgIpc) is 3.44. The molecule has 48 heavy (non-hydrogen) atoms. The molecule has 6 aromatic carbocycles. The van der Waals surface area contributed by atoms with E-state index in [0.717, 1.165) is 33.9 Å². The predicted molar refractivity (Wildman–Crippen MR) is 199 cm³/mol. The summed E-state index contributed by atoms with van der Waals surface area (Å²) in [6.07, 6.45) is 6.35. The Kier molecular flexibility index (Phi) is 7.08. The molecule has 0 unspecified atom stereocenters. The van der Waals surface area contributed by atoms with Crippen LogP contribution in [0, 0.1) is 0 Å². The first-order valence-electron chi connectivity index (χ1n) is 17.2. The van der Waals surface area contributed by atoms with Crippen LogP contribution in [0.2, 0.25) is 0 Å². The molecule has 0 N–H and O–H groups in total. The van der Waals surface area contributed by atoms with Gasteiger partial charge in [0.1, 0.15) is 0 Å². The summed E-state index contributed by atoms with van der Waals surface area (Å²) in [5, 5.41) is 0. The second kappa shape index (κ2) is 11.9. The molecule has 1 saturated carbocycles. The minimum Gasteiger partial charge on any atom is -0.228 e. The maximum atomic E-state index is 5.15. The van der Waals surface area contributed by atoms with Crippen molar-refractivity contribution in [3.05, 3.63) is 169 Å². The Labute approximate surface area is 282 Å². The third kappa shape index (κ3) is 4.88. The van der Waals surface area contributed by atoms with Crippen LogP contribution in [0.4, 0.5) is 0 Å². The number of benzene rings is 6. The Hall–Kier alpha value is -5.60. The van der Waals surface area contributed by atoms with Gasteiger partial charge in [-0.25, -0.2) is 9.97 Å². The van der Waals surface area contributed by atoms with E-state index in [-0.39, 0.29) is 5.41 Å². The second-order valence-electron chi connectivity index (χ2n) is 13.3. The fourth-order valence-electron chi connectivity index (χ4n) is 8.22. The van der Waals surface area contributed by atoms with Crippen LogP contribution in [-0.4, -0.2) is 9.97 Å². The summed E-state index contributed by atoms with van der Waals surface area (Å²) in [7, 11) is 0. The number of aromatic nitrogens is 2. The highest BCUT2D eigenvalue weighted by Crippen LogP contribution is 2.58. The van der Waals surface area contributed by atoms with Crippen LogP contribution in [0.25, 0.3) is 67.3 Å². The lowest BCUT2D eigenvalue weighted by molar-refractivity contribution is 0.353. The van der Waals surface area contributed by atoms with E-state index >= 15 is 0 Å². The van der Waals surface area contributed by atoms with Gasteiger partial charge in [0, 0.05) is 22.1 Å². The van der Waals surface area contributed by atoms with Gasteiger partial charge in [0.2, 0.25) is 0 Å². The van der Waals surface area contributed by atoms with Gasteiger partial charge in [-0.05, 0) is 63.4 Å². The summed E-state index contributed by atoms with van der Waals surface area (Å²) < 4.78 is 0. The first-order valence-corrected chi connectivity index (χ1v) is 17.2. The molecule has 2 heteroatoms. The van der Waals surface area contributed by atoms with E-state index in [1.807, 2.05) is 6.07 Å². The molecule has 9 rings (SSSR count). The minimum absolute atomic E-state index is 0.109. The van der Waals surface area contributed by atoms with Crippen molar-refractivity contribution in [2.24, 2.45) is 0 Å². The van der Waals surface area contributed by atoms with E-state index in [2.05, 4.69) is 152 Å². The molecule has 1 spiro atoms. The lowest BCUT2D eigenvalue weighted by Crippen LogP contribution is -2.28. The largest absolute Gasteiger partial charge is 0.228 e. The number of fused-ring (bicyclic) bond motifs is 5. The van der Waals surface area contributed by atoms with Crippen LogP contribution in [0.3, 0.4) is 0 Å². The lowest BCUT2D eigenvalue weighted by atomic mass is 9.66. The van der Waals surface area contributed by atoms with Crippen LogP contribution in [0.1, 0.15) is 43.2 Å². The molecule has 1 heterocycles. The van der Waals surface area contributed by atoms with Crippen LogP contribution in [0.5, 0.6) is 0 Å². The third-order valence-corrected chi connectivity index (χ3v) is 10.5. The first-order chi connectivity index (χ1) is 23.8. The molecule has 2 nitrogen and oxygen atoms in total. The summed E-state index contributed by atoms with van der Waals surface area (Å²) >= 11 is 0. The molecule has 2 aliphatic rings. The van der Waals surface area contributed by atoms with Crippen molar-refractivity contribution in [2.75, 3.05) is 0 Å². The van der Waals surface area contributed by atoms with E-state index in [9.17, 15) is 0 Å². The fraction of sp³-hybridized carbons (Fsp3) is 0.130. The zero-order chi connectivity index (χ0) is 31.9. The molecule has 0 saturated heterocycles. The molecule has 0 bridgehead atoms. The fourth-order valence-corrected chi connectivity index (χ4v) is 8.22. The number of nitrogens with zero attached hydrogens (tertiary/aromatic N) is 2. The van der Waals surface area contributed by atoms with Crippen LogP contribution < -0.4 is 0 Å². The summed E-state index contributed by atoms with van der Waals surface area (Å²) in [4.78, 5) is 10.3. The Balaban J connectivity index is 1.12. The molecule has 1 fully saturated rings. The minimum atomic E-state index is 0.109. The van der Waals surface area contributed by atoms with Gasteiger partial charge < -0.3 is 0 Å². The van der Waals surface area contributed by atoms with Gasteiger partial charge in [-0.1, -0.05) is 171 Å². The molecular formula is C46H36N2. The molecular weight excluding hydrogens is 581 g/mol. The van der Waals surface area contributed by atoms with E-state index in [1.54, 1.807) is 0 Å². The lowest BCUT2D eigenvalue weighted by Gasteiger charge is -2.37. The maximum Gasteiger partial charge on any atom is 0.160 e. The maximum absolute atomic E-state index is 5.15. The molecule has 0 atom stereocenters. The smallest absolute Gasteiger partial charge is 0.160 e. The highest BCUT2D eigenvalue weighted by molar-refractivity contribution is 5.89. The monoisotopic (exact) mass is 616 g/mol. The zero-order valence-corrected chi connectivity index (χ0v) is 26.9. The zero-order valence-electron chi connectivity index (χ0n) is 26.9. The van der Waals surface area contributed by atoms with E-state index in [0.29, 0.717) is 0 Å². The second-order valence-corrected chi connectivity index (χ2v) is 13.3. The molecule has 7 aromatic rings. The van der Waals surface area contributed by atoms with Gasteiger partial charge >= 0.3 is 0 Å². The first kappa shape index (κ1) is 28.6. The third-order valence-electron chi connectivity index (χ3n) is 10.5. The highest BCUT2D eigenvalue weighted by Gasteiger charge is 2.45. The van der Waals surface area contributed by atoms with Crippen LogP contribution in [0.15, 0.2) is 158 Å². The van der Waals surface area contributed by atoms with Crippen molar-refractivity contribution in [3.8, 4) is 67.3 Å². The summed E-state index contributed by atoms with van der Waals surface area (Å²) in [5.74, 6) is 0.736. The van der Waals surface area contributed by atoms with Gasteiger partial charge in [-0.15, -0.1) is 0 Å². The predicted octanol–water partition coefficient (Wildman–Crippen LogP) is 12.0. The average molecular weight is 617 g/mol. The van der Waals surface area contributed by atoms with Gasteiger partial charge in [-0.3, -0.25) is 0 Å². The van der Waals surface area contributed by atoms with Crippen LogP contribution in [-0.2, 0) is 5.41 Å². The van der Waals surface area contributed by atoms with Gasteiger partial charge in [0.15, 0.2) is 5.82 Å². The van der Waals surface area contributed by atoms with E-state index < -0.39 is 0 Å². The molecule has 2 aliphatic carbocycles.